The van der Waals surface area contributed by atoms with Crippen molar-refractivity contribution in [2.75, 3.05) is 9.80 Å². The van der Waals surface area contributed by atoms with Crippen molar-refractivity contribution in [3.63, 3.8) is 0 Å². The van der Waals surface area contributed by atoms with Gasteiger partial charge < -0.3 is 18.6 Å². The van der Waals surface area contributed by atoms with E-state index < -0.39 is 5.41 Å². The monoisotopic (exact) mass is 942 g/mol. The van der Waals surface area contributed by atoms with E-state index in [2.05, 4.69) is 258 Å². The van der Waals surface area contributed by atoms with Gasteiger partial charge in [-0.2, -0.15) is 0 Å². The molecule has 1 aliphatic rings. The van der Waals surface area contributed by atoms with Crippen LogP contribution < -0.4 is 9.80 Å². The van der Waals surface area contributed by atoms with E-state index in [-0.39, 0.29) is 10.8 Å². The van der Waals surface area contributed by atoms with Crippen LogP contribution in [0, 0.1) is 10.8 Å². The molecule has 0 atom stereocenters. The van der Waals surface area contributed by atoms with Crippen LogP contribution in [0.5, 0.6) is 0 Å². The van der Waals surface area contributed by atoms with E-state index in [1.165, 1.54) is 54.6 Å². The molecule has 11 aromatic carbocycles. The first-order valence-electron chi connectivity index (χ1n) is 25.6. The second-order valence-corrected chi connectivity index (χ2v) is 22.0. The Morgan fingerprint density at radius 2 is 0.795 bits per heavy atom. The van der Waals surface area contributed by atoms with Crippen LogP contribution in [0.1, 0.15) is 52.7 Å². The van der Waals surface area contributed by atoms with Crippen molar-refractivity contribution in [2.24, 2.45) is 10.8 Å². The fourth-order valence-corrected chi connectivity index (χ4v) is 13.7. The van der Waals surface area contributed by atoms with Crippen molar-refractivity contribution < 1.29 is 8.83 Å². The van der Waals surface area contributed by atoms with Crippen LogP contribution >= 0.6 is 0 Å². The first kappa shape index (κ1) is 43.2. The minimum absolute atomic E-state index is 0.228. The fourth-order valence-electron chi connectivity index (χ4n) is 13.7. The fraction of sp³-hybridized carbons (Fsp3) is 0.130. The SMILES string of the molecule is CC(C)(C)C1(C(C)(C)C)c2c(ccc3cc(N(c4ccccc4)c4cccc5oc6ccccc6c45)ccc23)-c2c1c1ccc(N(c3ccccc3)c3cccc4oc5ccccc5c34)cc1c1ccccc21. The Morgan fingerprint density at radius 1 is 0.329 bits per heavy atom. The zero-order valence-electron chi connectivity index (χ0n) is 42.0. The maximum absolute atomic E-state index is 6.49. The Hall–Kier alpha value is -8.60. The predicted octanol–water partition coefficient (Wildman–Crippen LogP) is 20.2. The van der Waals surface area contributed by atoms with Crippen LogP contribution in [0.2, 0.25) is 0 Å². The van der Waals surface area contributed by atoms with Crippen LogP contribution in [-0.4, -0.2) is 0 Å². The van der Waals surface area contributed by atoms with E-state index in [1.807, 2.05) is 12.1 Å². The first-order chi connectivity index (χ1) is 35.5. The van der Waals surface area contributed by atoms with Crippen LogP contribution in [0.25, 0.3) is 87.3 Å². The molecule has 2 heterocycles. The zero-order chi connectivity index (χ0) is 49.4. The van der Waals surface area contributed by atoms with E-state index in [0.29, 0.717) is 0 Å². The Bertz CT molecular complexity index is 4340. The molecule has 0 N–H and O–H groups in total. The van der Waals surface area contributed by atoms with Gasteiger partial charge in [0.05, 0.1) is 22.1 Å². The number of anilines is 6. The molecule has 73 heavy (non-hydrogen) atoms. The van der Waals surface area contributed by atoms with Gasteiger partial charge in [-0.25, -0.2) is 0 Å². The van der Waals surface area contributed by atoms with E-state index in [4.69, 9.17) is 8.83 Å². The molecule has 0 saturated carbocycles. The molecule has 0 unspecified atom stereocenters. The van der Waals surface area contributed by atoms with Crippen molar-refractivity contribution in [1.29, 1.82) is 0 Å². The largest absolute Gasteiger partial charge is 0.456 e. The molecule has 0 fully saturated rings. The molecule has 0 radical (unpaired) electrons. The maximum atomic E-state index is 6.49. The van der Waals surface area contributed by atoms with Crippen molar-refractivity contribution >= 4 is 110 Å². The van der Waals surface area contributed by atoms with Crippen molar-refractivity contribution in [3.8, 4) is 11.1 Å². The summed E-state index contributed by atoms with van der Waals surface area (Å²) in [7, 11) is 0. The van der Waals surface area contributed by atoms with Gasteiger partial charge in [-0.1, -0.05) is 175 Å². The third kappa shape index (κ3) is 6.13. The first-order valence-corrected chi connectivity index (χ1v) is 25.6. The lowest BCUT2D eigenvalue weighted by Crippen LogP contribution is -2.50. The number of furan rings is 2. The van der Waals surface area contributed by atoms with Gasteiger partial charge in [0.1, 0.15) is 22.3 Å². The van der Waals surface area contributed by atoms with E-state index in [1.54, 1.807) is 0 Å². The highest BCUT2D eigenvalue weighted by molar-refractivity contribution is 6.21. The number of hydrogen-bond acceptors (Lipinski definition) is 4. The average molecular weight is 943 g/mol. The molecule has 0 saturated heterocycles. The van der Waals surface area contributed by atoms with E-state index in [9.17, 15) is 0 Å². The third-order valence-electron chi connectivity index (χ3n) is 16.1. The molecule has 13 aromatic rings. The normalized spacial score (nSPS) is 13.5. The zero-order valence-corrected chi connectivity index (χ0v) is 42.0. The topological polar surface area (TPSA) is 32.8 Å². The summed E-state index contributed by atoms with van der Waals surface area (Å²) in [6, 6.07) is 79.5. The second kappa shape index (κ2) is 15.7. The van der Waals surface area contributed by atoms with Gasteiger partial charge in [0.2, 0.25) is 0 Å². The molecule has 1 aliphatic carbocycles. The third-order valence-corrected chi connectivity index (χ3v) is 16.1. The summed E-state index contributed by atoms with van der Waals surface area (Å²) in [5, 5.41) is 12.0. The molecule has 352 valence electrons. The summed E-state index contributed by atoms with van der Waals surface area (Å²) < 4.78 is 13.0. The van der Waals surface area contributed by atoms with Gasteiger partial charge >= 0.3 is 0 Å². The number of hydrogen-bond donors (Lipinski definition) is 0. The number of nitrogens with zero attached hydrogens (tertiary/aromatic N) is 2. The minimum Gasteiger partial charge on any atom is -0.456 e. The van der Waals surface area contributed by atoms with Gasteiger partial charge in [0.25, 0.3) is 0 Å². The summed E-state index contributed by atoms with van der Waals surface area (Å²) in [5.74, 6) is 0. The smallest absolute Gasteiger partial charge is 0.137 e. The molecule has 0 bridgehead atoms. The van der Waals surface area contributed by atoms with Gasteiger partial charge in [0.15, 0.2) is 0 Å². The lowest BCUT2D eigenvalue weighted by Gasteiger charge is -2.54. The van der Waals surface area contributed by atoms with Crippen LogP contribution in [-0.2, 0) is 5.41 Å². The predicted molar refractivity (Wildman–Crippen MR) is 308 cm³/mol. The highest BCUT2D eigenvalue weighted by atomic mass is 16.3. The maximum Gasteiger partial charge on any atom is 0.137 e. The average Bonchev–Trinajstić information content (AvgIpc) is 4.09. The van der Waals surface area contributed by atoms with Gasteiger partial charge in [0, 0.05) is 38.9 Å². The van der Waals surface area contributed by atoms with Gasteiger partial charge in [-0.15, -0.1) is 0 Å². The molecule has 0 amide bonds. The number of fused-ring (bicyclic) bond motifs is 16. The van der Waals surface area contributed by atoms with Crippen LogP contribution in [0.4, 0.5) is 34.1 Å². The summed E-state index contributed by atoms with van der Waals surface area (Å²) in [5.41, 5.74) is 14.6. The molecular formula is C69H54N2O2. The van der Waals surface area contributed by atoms with E-state index >= 15 is 0 Å². The molecule has 14 rings (SSSR count). The summed E-state index contributed by atoms with van der Waals surface area (Å²) >= 11 is 0. The Balaban J connectivity index is 1.03. The van der Waals surface area contributed by atoms with Gasteiger partial charge in [-0.05, 0) is 150 Å². The highest BCUT2D eigenvalue weighted by Crippen LogP contribution is 2.68. The number of para-hydroxylation sites is 4. The Kier molecular flexibility index (Phi) is 9.29. The summed E-state index contributed by atoms with van der Waals surface area (Å²) in [6.45, 7) is 14.8. The van der Waals surface area contributed by atoms with Crippen molar-refractivity contribution in [3.05, 3.63) is 230 Å². The summed E-state index contributed by atoms with van der Waals surface area (Å²) in [6.07, 6.45) is 0. The van der Waals surface area contributed by atoms with Crippen molar-refractivity contribution in [2.45, 2.75) is 47.0 Å². The number of benzene rings is 11. The molecule has 4 nitrogen and oxygen atoms in total. The van der Waals surface area contributed by atoms with Crippen molar-refractivity contribution in [1.82, 2.24) is 0 Å². The van der Waals surface area contributed by atoms with Crippen LogP contribution in [0.3, 0.4) is 0 Å². The Morgan fingerprint density at radius 3 is 1.34 bits per heavy atom. The molecular weight excluding hydrogens is 889 g/mol. The Labute approximate surface area is 425 Å². The second-order valence-electron chi connectivity index (χ2n) is 22.0. The molecule has 4 heteroatoms. The van der Waals surface area contributed by atoms with Gasteiger partial charge in [-0.3, -0.25) is 0 Å². The standard InChI is InChI=1S/C69H54N2O2/c1-67(2,3)69(68(4,5)6)65-48-39-36-46(70(44-21-9-7-10-22-44)56-29-19-33-60-63(56)52-27-15-17-31-58(52)72-60)41-43(48)35-38-54(65)62-50-26-14-13-25-49(50)55-42-47(37-40-51(55)66(62)69)71(45-23-11-8-12-24-45)57-30-20-34-61-64(57)53-28-16-18-32-59(53)73-61/h7-42H,1-6H3. The lowest BCUT2D eigenvalue weighted by molar-refractivity contribution is 0.0977. The quantitative estimate of drug-likeness (QED) is 0.156. The molecule has 0 aliphatic heterocycles. The van der Waals surface area contributed by atoms with Crippen LogP contribution in [0.15, 0.2) is 227 Å². The minimum atomic E-state index is -0.434. The molecule has 0 spiro atoms. The lowest BCUT2D eigenvalue weighted by atomic mass is 9.49. The molecule has 2 aromatic heterocycles. The number of rotatable bonds is 6. The van der Waals surface area contributed by atoms with E-state index in [0.717, 1.165) is 78.0 Å². The summed E-state index contributed by atoms with van der Waals surface area (Å²) in [4.78, 5) is 4.82. The highest BCUT2D eigenvalue weighted by Gasteiger charge is 2.59.